The molecule has 214 valence electrons. The summed E-state index contributed by atoms with van der Waals surface area (Å²) < 4.78 is 31.5. The summed E-state index contributed by atoms with van der Waals surface area (Å²) in [6, 6.07) is 13.5. The highest BCUT2D eigenvalue weighted by atomic mass is 35.5. The summed E-state index contributed by atoms with van der Waals surface area (Å²) in [7, 11) is -1.97. The molecule has 0 spiro atoms. The maximum atomic E-state index is 13.6. The quantitative estimate of drug-likeness (QED) is 0.355. The van der Waals surface area contributed by atoms with Gasteiger partial charge >= 0.3 is 0 Å². The molecule has 8 nitrogen and oxygen atoms in total. The van der Waals surface area contributed by atoms with Crippen molar-refractivity contribution in [3.63, 3.8) is 0 Å². The molecular formula is C29H40ClN3O5S. The zero-order valence-corrected chi connectivity index (χ0v) is 24.6. The van der Waals surface area contributed by atoms with Crippen molar-refractivity contribution in [2.75, 3.05) is 24.2 Å². The van der Waals surface area contributed by atoms with Crippen LogP contribution in [-0.2, 0) is 26.2 Å². The number of rotatable bonds is 13. The minimum atomic E-state index is -3.57. The van der Waals surface area contributed by atoms with Crippen molar-refractivity contribution in [2.45, 2.75) is 76.9 Å². The van der Waals surface area contributed by atoms with Crippen LogP contribution in [-0.4, -0.2) is 57.1 Å². The van der Waals surface area contributed by atoms with Crippen LogP contribution in [0.5, 0.6) is 5.75 Å². The lowest BCUT2D eigenvalue weighted by Crippen LogP contribution is -2.51. The normalized spacial score (nSPS) is 14.9. The smallest absolute Gasteiger partial charge is 0.243 e. The number of carbonyl (C=O) groups excluding carboxylic acids is 2. The maximum absolute atomic E-state index is 13.6. The standard InChI is InChI=1S/C29H40ClN3O5S/c1-4-27(29(35)31-24-9-6-5-7-10-24)32(21-22-12-18-26(38-2)19-13-22)28(34)11-8-20-33(39(3,36)37)25-16-14-23(30)15-17-25/h12-19,24,27H,4-11,20-21H2,1-3H3,(H,31,35)/t27-/m0/s1. The third-order valence-corrected chi connectivity index (χ3v) is 8.56. The number of nitrogens with zero attached hydrogens (tertiary/aromatic N) is 2. The van der Waals surface area contributed by atoms with Crippen LogP contribution in [0.15, 0.2) is 48.5 Å². The Hall–Kier alpha value is -2.78. The molecular weight excluding hydrogens is 538 g/mol. The predicted molar refractivity (Wildman–Crippen MR) is 156 cm³/mol. The van der Waals surface area contributed by atoms with Gasteiger partial charge in [0, 0.05) is 30.6 Å². The maximum Gasteiger partial charge on any atom is 0.243 e. The van der Waals surface area contributed by atoms with Crippen LogP contribution in [0.25, 0.3) is 0 Å². The van der Waals surface area contributed by atoms with E-state index in [9.17, 15) is 18.0 Å². The van der Waals surface area contributed by atoms with Crippen molar-refractivity contribution in [2.24, 2.45) is 0 Å². The van der Waals surface area contributed by atoms with E-state index in [2.05, 4.69) is 5.32 Å². The number of anilines is 1. The predicted octanol–water partition coefficient (Wildman–Crippen LogP) is 5.15. The highest BCUT2D eigenvalue weighted by Gasteiger charge is 2.30. The molecule has 0 radical (unpaired) electrons. The van der Waals surface area contributed by atoms with Crippen molar-refractivity contribution >= 4 is 39.1 Å². The van der Waals surface area contributed by atoms with Crippen LogP contribution < -0.4 is 14.4 Å². The fourth-order valence-electron chi connectivity index (χ4n) is 5.00. The molecule has 39 heavy (non-hydrogen) atoms. The van der Waals surface area contributed by atoms with Crippen LogP contribution in [0.4, 0.5) is 5.69 Å². The summed E-state index contributed by atoms with van der Waals surface area (Å²) in [5.74, 6) is 0.382. The molecule has 0 bridgehead atoms. The molecule has 0 unspecified atom stereocenters. The van der Waals surface area contributed by atoms with E-state index in [1.165, 1.54) is 10.7 Å². The van der Waals surface area contributed by atoms with Gasteiger partial charge in [-0.1, -0.05) is 49.9 Å². The lowest BCUT2D eigenvalue weighted by molar-refractivity contribution is -0.141. The molecule has 0 aromatic heterocycles. The Kier molecular flexibility index (Phi) is 11.5. The van der Waals surface area contributed by atoms with Crippen LogP contribution >= 0.6 is 11.6 Å². The number of nitrogens with one attached hydrogen (secondary N) is 1. The molecule has 2 amide bonds. The molecule has 1 atom stereocenters. The Bertz CT molecular complexity index is 1180. The fourth-order valence-corrected chi connectivity index (χ4v) is 6.09. The van der Waals surface area contributed by atoms with Crippen LogP contribution in [0.2, 0.25) is 5.02 Å². The Morgan fingerprint density at radius 2 is 1.69 bits per heavy atom. The molecule has 10 heteroatoms. The van der Waals surface area contributed by atoms with E-state index < -0.39 is 16.1 Å². The molecule has 1 N–H and O–H groups in total. The summed E-state index contributed by atoms with van der Waals surface area (Å²) in [5, 5.41) is 3.69. The van der Waals surface area contributed by atoms with Crippen LogP contribution in [0, 0.1) is 0 Å². The number of benzene rings is 2. The number of ether oxygens (including phenoxy) is 1. The van der Waals surface area contributed by atoms with Gasteiger partial charge in [-0.05, 0) is 67.6 Å². The molecule has 1 aliphatic carbocycles. The van der Waals surface area contributed by atoms with Gasteiger partial charge in [0.2, 0.25) is 21.8 Å². The topological polar surface area (TPSA) is 96.0 Å². The van der Waals surface area contributed by atoms with Crippen molar-refractivity contribution in [3.8, 4) is 5.75 Å². The summed E-state index contributed by atoms with van der Waals surface area (Å²) in [6.07, 6.45) is 7.31. The first-order valence-electron chi connectivity index (χ1n) is 13.6. The van der Waals surface area contributed by atoms with Crippen LogP contribution in [0.1, 0.15) is 63.9 Å². The van der Waals surface area contributed by atoms with Crippen molar-refractivity contribution in [1.82, 2.24) is 10.2 Å². The Balaban J connectivity index is 1.75. The second kappa shape index (κ2) is 14.6. The molecule has 2 aromatic rings. The number of methoxy groups -OCH3 is 1. The monoisotopic (exact) mass is 577 g/mol. The average molecular weight is 578 g/mol. The first-order valence-corrected chi connectivity index (χ1v) is 15.8. The number of amides is 2. The number of carbonyl (C=O) groups is 2. The van der Waals surface area contributed by atoms with Gasteiger partial charge in [-0.15, -0.1) is 0 Å². The van der Waals surface area contributed by atoms with E-state index in [-0.39, 0.29) is 37.4 Å². The Morgan fingerprint density at radius 3 is 2.26 bits per heavy atom. The zero-order chi connectivity index (χ0) is 28.4. The van der Waals surface area contributed by atoms with E-state index >= 15 is 0 Å². The third kappa shape index (κ3) is 9.14. The van der Waals surface area contributed by atoms with Crippen molar-refractivity contribution in [3.05, 3.63) is 59.1 Å². The Morgan fingerprint density at radius 1 is 1.05 bits per heavy atom. The van der Waals surface area contributed by atoms with E-state index in [1.54, 1.807) is 36.3 Å². The van der Waals surface area contributed by atoms with E-state index in [0.29, 0.717) is 29.3 Å². The van der Waals surface area contributed by atoms with Gasteiger partial charge in [0.25, 0.3) is 0 Å². The van der Waals surface area contributed by atoms with Gasteiger partial charge in [0.1, 0.15) is 11.8 Å². The highest BCUT2D eigenvalue weighted by molar-refractivity contribution is 7.92. The second-order valence-electron chi connectivity index (χ2n) is 10.1. The summed E-state index contributed by atoms with van der Waals surface area (Å²) >= 11 is 5.97. The minimum Gasteiger partial charge on any atom is -0.497 e. The van der Waals surface area contributed by atoms with Gasteiger partial charge in [-0.2, -0.15) is 0 Å². The van der Waals surface area contributed by atoms with E-state index in [0.717, 1.165) is 37.5 Å². The number of halogens is 1. The minimum absolute atomic E-state index is 0.100. The lowest BCUT2D eigenvalue weighted by Gasteiger charge is -2.33. The summed E-state index contributed by atoms with van der Waals surface area (Å²) in [5.41, 5.74) is 1.37. The average Bonchev–Trinajstić information content (AvgIpc) is 2.92. The fraction of sp³-hybridized carbons (Fsp3) is 0.517. The molecule has 1 fully saturated rings. The lowest BCUT2D eigenvalue weighted by atomic mass is 9.95. The molecule has 2 aromatic carbocycles. The van der Waals surface area contributed by atoms with Gasteiger partial charge in [-0.25, -0.2) is 8.42 Å². The molecule has 3 rings (SSSR count). The molecule has 1 aliphatic rings. The first-order chi connectivity index (χ1) is 18.6. The van der Waals surface area contributed by atoms with Crippen molar-refractivity contribution in [1.29, 1.82) is 0 Å². The van der Waals surface area contributed by atoms with Gasteiger partial charge in [-0.3, -0.25) is 13.9 Å². The SMILES string of the molecule is CC[C@@H](C(=O)NC1CCCCC1)N(Cc1ccc(OC)cc1)C(=O)CCCN(c1ccc(Cl)cc1)S(C)(=O)=O. The molecule has 0 aliphatic heterocycles. The number of sulfonamides is 1. The van der Waals surface area contributed by atoms with Gasteiger partial charge in [0.05, 0.1) is 19.1 Å². The molecule has 1 saturated carbocycles. The van der Waals surface area contributed by atoms with E-state index in [1.807, 2.05) is 31.2 Å². The second-order valence-corrected chi connectivity index (χ2v) is 12.4. The van der Waals surface area contributed by atoms with Crippen LogP contribution in [0.3, 0.4) is 0 Å². The Labute approximate surface area is 237 Å². The summed E-state index contributed by atoms with van der Waals surface area (Å²) in [4.78, 5) is 28.6. The number of hydrogen-bond donors (Lipinski definition) is 1. The van der Waals surface area contributed by atoms with Gasteiger partial charge in [0.15, 0.2) is 0 Å². The largest absolute Gasteiger partial charge is 0.497 e. The highest BCUT2D eigenvalue weighted by Crippen LogP contribution is 2.23. The molecule has 0 heterocycles. The first kappa shape index (κ1) is 30.8. The number of hydrogen-bond acceptors (Lipinski definition) is 5. The van der Waals surface area contributed by atoms with Gasteiger partial charge < -0.3 is 15.0 Å². The van der Waals surface area contributed by atoms with Crippen molar-refractivity contribution < 1.29 is 22.7 Å². The zero-order valence-electron chi connectivity index (χ0n) is 23.1. The van der Waals surface area contributed by atoms with E-state index in [4.69, 9.17) is 16.3 Å². The molecule has 0 saturated heterocycles. The summed E-state index contributed by atoms with van der Waals surface area (Å²) in [6.45, 7) is 2.31. The third-order valence-electron chi connectivity index (χ3n) is 7.12.